The molecular formula is C21H27NO2. The first-order chi connectivity index (χ1) is 11.8. The van der Waals surface area contributed by atoms with Gasteiger partial charge in [0.2, 0.25) is 0 Å². The minimum absolute atomic E-state index is 0.248. The summed E-state index contributed by atoms with van der Waals surface area (Å²) in [5.41, 5.74) is 1.99. The lowest BCUT2D eigenvalue weighted by Crippen LogP contribution is -2.46. The Morgan fingerprint density at radius 3 is 2.25 bits per heavy atom. The number of aliphatic hydroxyl groups is 1. The lowest BCUT2D eigenvalue weighted by atomic mass is 9.92. The van der Waals surface area contributed by atoms with Crippen molar-refractivity contribution in [1.82, 2.24) is 5.32 Å². The molecule has 1 heterocycles. The molecule has 128 valence electrons. The molecule has 0 saturated carbocycles. The highest BCUT2D eigenvalue weighted by molar-refractivity contribution is 5.20. The molecule has 1 aliphatic heterocycles. The first kappa shape index (κ1) is 17.2. The zero-order chi connectivity index (χ0) is 16.7. The summed E-state index contributed by atoms with van der Waals surface area (Å²) in [6.07, 6.45) is 3.45. The molecule has 2 N–H and O–H groups in total. The Morgan fingerprint density at radius 2 is 1.58 bits per heavy atom. The maximum absolute atomic E-state index is 10.7. The van der Waals surface area contributed by atoms with Crippen LogP contribution in [0, 0.1) is 0 Å². The zero-order valence-electron chi connectivity index (χ0n) is 14.2. The second-order valence-corrected chi connectivity index (χ2v) is 6.71. The molecule has 0 amide bonds. The summed E-state index contributed by atoms with van der Waals surface area (Å²) >= 11 is 0. The van der Waals surface area contributed by atoms with Crippen molar-refractivity contribution in [2.24, 2.45) is 0 Å². The van der Waals surface area contributed by atoms with E-state index in [9.17, 15) is 5.11 Å². The fraction of sp³-hybridized carbons (Fsp3) is 0.429. The first-order valence-electron chi connectivity index (χ1n) is 8.88. The SMILES string of the molecule is OC1(CNC(CCc2ccccc2)c2ccccc2)CCOCC1. The van der Waals surface area contributed by atoms with Gasteiger partial charge in [-0.2, -0.15) is 0 Å². The molecule has 24 heavy (non-hydrogen) atoms. The van der Waals surface area contributed by atoms with E-state index in [0.717, 1.165) is 12.8 Å². The van der Waals surface area contributed by atoms with E-state index in [2.05, 4.69) is 59.9 Å². The van der Waals surface area contributed by atoms with E-state index in [1.54, 1.807) is 0 Å². The summed E-state index contributed by atoms with van der Waals surface area (Å²) in [5.74, 6) is 0. The number of rotatable bonds is 7. The maximum Gasteiger partial charge on any atom is 0.0815 e. The van der Waals surface area contributed by atoms with Crippen molar-refractivity contribution in [3.05, 3.63) is 71.8 Å². The molecular weight excluding hydrogens is 298 g/mol. The van der Waals surface area contributed by atoms with Crippen LogP contribution in [-0.4, -0.2) is 30.5 Å². The third-order valence-electron chi connectivity index (χ3n) is 4.87. The van der Waals surface area contributed by atoms with Gasteiger partial charge < -0.3 is 15.2 Å². The lowest BCUT2D eigenvalue weighted by molar-refractivity contribution is -0.0629. The van der Waals surface area contributed by atoms with E-state index in [1.807, 2.05) is 6.07 Å². The molecule has 2 aromatic rings. The number of benzene rings is 2. The van der Waals surface area contributed by atoms with E-state index >= 15 is 0 Å². The zero-order valence-corrected chi connectivity index (χ0v) is 14.2. The molecule has 0 radical (unpaired) electrons. The van der Waals surface area contributed by atoms with Gasteiger partial charge in [0.15, 0.2) is 0 Å². The molecule has 0 spiro atoms. The van der Waals surface area contributed by atoms with Crippen molar-refractivity contribution in [1.29, 1.82) is 0 Å². The molecule has 3 rings (SSSR count). The van der Waals surface area contributed by atoms with Gasteiger partial charge in [-0.15, -0.1) is 0 Å². The molecule has 0 bridgehead atoms. The normalized spacial score (nSPS) is 18.2. The molecule has 0 aliphatic carbocycles. The Bertz CT molecular complexity index is 594. The monoisotopic (exact) mass is 325 g/mol. The number of aryl methyl sites for hydroxylation is 1. The summed E-state index contributed by atoms with van der Waals surface area (Å²) in [4.78, 5) is 0. The average Bonchev–Trinajstić information content (AvgIpc) is 2.64. The van der Waals surface area contributed by atoms with Crippen LogP contribution < -0.4 is 5.32 Å². The molecule has 1 atom stereocenters. The van der Waals surface area contributed by atoms with Crippen LogP contribution in [0.3, 0.4) is 0 Å². The van der Waals surface area contributed by atoms with Crippen LogP contribution in [0.4, 0.5) is 0 Å². The Morgan fingerprint density at radius 1 is 0.958 bits per heavy atom. The predicted octanol–water partition coefficient (Wildman–Crippen LogP) is 3.49. The van der Waals surface area contributed by atoms with Crippen LogP contribution in [0.25, 0.3) is 0 Å². The Kier molecular flexibility index (Phi) is 6.02. The van der Waals surface area contributed by atoms with E-state index in [4.69, 9.17) is 4.74 Å². The minimum atomic E-state index is -0.641. The Balaban J connectivity index is 1.63. The second kappa shape index (κ2) is 8.43. The third kappa shape index (κ3) is 4.91. The van der Waals surface area contributed by atoms with Crippen molar-refractivity contribution in [2.75, 3.05) is 19.8 Å². The van der Waals surface area contributed by atoms with Crippen molar-refractivity contribution in [3.8, 4) is 0 Å². The summed E-state index contributed by atoms with van der Waals surface area (Å²) in [7, 11) is 0. The van der Waals surface area contributed by atoms with Crippen molar-refractivity contribution >= 4 is 0 Å². The largest absolute Gasteiger partial charge is 0.388 e. The quantitative estimate of drug-likeness (QED) is 0.819. The highest BCUT2D eigenvalue weighted by Gasteiger charge is 2.30. The van der Waals surface area contributed by atoms with Gasteiger partial charge >= 0.3 is 0 Å². The second-order valence-electron chi connectivity index (χ2n) is 6.71. The molecule has 1 aliphatic rings. The van der Waals surface area contributed by atoms with Crippen molar-refractivity contribution in [3.63, 3.8) is 0 Å². The topological polar surface area (TPSA) is 41.5 Å². The summed E-state index contributed by atoms with van der Waals surface area (Å²) in [6, 6.07) is 21.4. The molecule has 0 aromatic heterocycles. The number of ether oxygens (including phenoxy) is 1. The van der Waals surface area contributed by atoms with Gasteiger partial charge in [-0.3, -0.25) is 0 Å². The highest BCUT2D eigenvalue weighted by Crippen LogP contribution is 2.23. The van der Waals surface area contributed by atoms with E-state index in [1.165, 1.54) is 11.1 Å². The van der Waals surface area contributed by atoms with Crippen LogP contribution in [0.5, 0.6) is 0 Å². The predicted molar refractivity (Wildman–Crippen MR) is 97.0 cm³/mol. The van der Waals surface area contributed by atoms with Crippen molar-refractivity contribution < 1.29 is 9.84 Å². The molecule has 1 saturated heterocycles. The van der Waals surface area contributed by atoms with Crippen LogP contribution in [0.1, 0.15) is 36.4 Å². The standard InChI is InChI=1S/C21H27NO2/c23-21(13-15-24-16-14-21)17-22-20(19-9-5-2-6-10-19)12-11-18-7-3-1-4-8-18/h1-10,20,22-23H,11-17H2. The van der Waals surface area contributed by atoms with Gasteiger partial charge in [-0.25, -0.2) is 0 Å². The van der Waals surface area contributed by atoms with Crippen molar-refractivity contribution in [2.45, 2.75) is 37.3 Å². The van der Waals surface area contributed by atoms with Gasteiger partial charge in [0, 0.05) is 38.6 Å². The summed E-state index contributed by atoms with van der Waals surface area (Å²) in [5, 5.41) is 14.3. The number of hydrogen-bond donors (Lipinski definition) is 2. The van der Waals surface area contributed by atoms with Crippen LogP contribution in [0.15, 0.2) is 60.7 Å². The van der Waals surface area contributed by atoms with E-state index < -0.39 is 5.60 Å². The van der Waals surface area contributed by atoms with Gasteiger partial charge in [-0.1, -0.05) is 60.7 Å². The Hall–Kier alpha value is -1.68. The first-order valence-corrected chi connectivity index (χ1v) is 8.88. The van der Waals surface area contributed by atoms with Gasteiger partial charge in [-0.05, 0) is 24.0 Å². The fourth-order valence-corrected chi connectivity index (χ4v) is 3.27. The molecule has 2 aromatic carbocycles. The van der Waals surface area contributed by atoms with Gasteiger partial charge in [0.05, 0.1) is 5.60 Å². The van der Waals surface area contributed by atoms with E-state index in [0.29, 0.717) is 32.6 Å². The van der Waals surface area contributed by atoms with Gasteiger partial charge in [0.1, 0.15) is 0 Å². The minimum Gasteiger partial charge on any atom is -0.388 e. The van der Waals surface area contributed by atoms with Crippen LogP contribution >= 0.6 is 0 Å². The van der Waals surface area contributed by atoms with Crippen LogP contribution in [0.2, 0.25) is 0 Å². The average molecular weight is 325 g/mol. The fourth-order valence-electron chi connectivity index (χ4n) is 3.27. The Labute approximate surface area is 144 Å². The molecule has 1 fully saturated rings. The van der Waals surface area contributed by atoms with E-state index in [-0.39, 0.29) is 6.04 Å². The molecule has 3 heteroatoms. The number of nitrogens with one attached hydrogen (secondary N) is 1. The lowest BCUT2D eigenvalue weighted by Gasteiger charge is -2.34. The number of hydrogen-bond acceptors (Lipinski definition) is 3. The molecule has 1 unspecified atom stereocenters. The maximum atomic E-state index is 10.7. The third-order valence-corrected chi connectivity index (χ3v) is 4.87. The van der Waals surface area contributed by atoms with Crippen LogP contribution in [-0.2, 0) is 11.2 Å². The van der Waals surface area contributed by atoms with Gasteiger partial charge in [0.25, 0.3) is 0 Å². The highest BCUT2D eigenvalue weighted by atomic mass is 16.5. The summed E-state index contributed by atoms with van der Waals surface area (Å²) in [6.45, 7) is 1.92. The molecule has 3 nitrogen and oxygen atoms in total. The summed E-state index contributed by atoms with van der Waals surface area (Å²) < 4.78 is 5.37. The smallest absolute Gasteiger partial charge is 0.0815 e.